The maximum Gasteiger partial charge on any atom is 0.269 e. The van der Waals surface area contributed by atoms with Crippen molar-refractivity contribution in [3.05, 3.63) is 53.5 Å². The first-order chi connectivity index (χ1) is 11.0. The largest absolute Gasteiger partial charge is 0.341 e. The zero-order valence-corrected chi connectivity index (χ0v) is 12.6. The molecular formula is C15H15FN6O. The van der Waals surface area contributed by atoms with Gasteiger partial charge >= 0.3 is 0 Å². The van der Waals surface area contributed by atoms with Crippen molar-refractivity contribution in [1.82, 2.24) is 30.7 Å². The van der Waals surface area contributed by atoms with Crippen molar-refractivity contribution in [2.75, 3.05) is 0 Å². The van der Waals surface area contributed by atoms with E-state index in [4.69, 9.17) is 0 Å². The molecule has 3 rings (SSSR count). The molecule has 0 radical (unpaired) electrons. The normalized spacial score (nSPS) is 12.1. The van der Waals surface area contributed by atoms with Crippen molar-refractivity contribution in [3.8, 4) is 11.3 Å². The number of aromatic nitrogens is 5. The Kier molecular flexibility index (Phi) is 3.88. The summed E-state index contributed by atoms with van der Waals surface area (Å²) in [6, 6.07) is 7.39. The van der Waals surface area contributed by atoms with Crippen molar-refractivity contribution < 1.29 is 9.18 Å². The summed E-state index contributed by atoms with van der Waals surface area (Å²) in [5.74, 6) is 0.403. The Balaban J connectivity index is 1.75. The van der Waals surface area contributed by atoms with Crippen LogP contribution < -0.4 is 5.32 Å². The van der Waals surface area contributed by atoms with Crippen molar-refractivity contribution >= 4 is 5.91 Å². The number of amides is 1. The van der Waals surface area contributed by atoms with Gasteiger partial charge in [0.1, 0.15) is 17.3 Å². The van der Waals surface area contributed by atoms with Gasteiger partial charge in [0.2, 0.25) is 0 Å². The molecule has 2 heterocycles. The number of halogens is 1. The quantitative estimate of drug-likeness (QED) is 0.687. The van der Waals surface area contributed by atoms with Crippen LogP contribution in [-0.2, 0) is 0 Å². The van der Waals surface area contributed by atoms with Crippen molar-refractivity contribution in [3.63, 3.8) is 0 Å². The van der Waals surface area contributed by atoms with Gasteiger partial charge in [-0.05, 0) is 32.0 Å². The Hall–Kier alpha value is -3.03. The highest BCUT2D eigenvalue weighted by Gasteiger charge is 2.17. The molecule has 3 aromatic rings. The predicted octanol–water partition coefficient (Wildman–Crippen LogP) is 2.13. The van der Waals surface area contributed by atoms with E-state index in [0.29, 0.717) is 22.9 Å². The molecule has 1 amide bonds. The molecular weight excluding hydrogens is 299 g/mol. The summed E-state index contributed by atoms with van der Waals surface area (Å²) in [5.41, 5.74) is 0.942. The van der Waals surface area contributed by atoms with E-state index in [-0.39, 0.29) is 17.6 Å². The Labute approximate surface area is 131 Å². The number of benzene rings is 1. The van der Waals surface area contributed by atoms with E-state index in [0.717, 1.165) is 0 Å². The number of carbonyl (C=O) groups is 1. The molecule has 0 aliphatic heterocycles. The maximum absolute atomic E-state index is 13.7. The summed E-state index contributed by atoms with van der Waals surface area (Å²) in [6.07, 6.45) is 0. The summed E-state index contributed by atoms with van der Waals surface area (Å²) in [5, 5.41) is 16.1. The monoisotopic (exact) mass is 314 g/mol. The molecule has 0 saturated carbocycles. The van der Waals surface area contributed by atoms with Crippen LogP contribution in [0.15, 0.2) is 30.3 Å². The fraction of sp³-hybridized carbons (Fsp3) is 0.200. The van der Waals surface area contributed by atoms with E-state index in [2.05, 4.69) is 30.7 Å². The van der Waals surface area contributed by atoms with Crippen molar-refractivity contribution in [2.24, 2.45) is 0 Å². The van der Waals surface area contributed by atoms with Crippen LogP contribution in [0.1, 0.15) is 35.1 Å². The number of H-pyrrole nitrogens is 2. The topological polar surface area (TPSA) is 99.3 Å². The lowest BCUT2D eigenvalue weighted by Gasteiger charge is -2.08. The molecule has 2 aromatic heterocycles. The van der Waals surface area contributed by atoms with E-state index in [1.165, 1.54) is 12.1 Å². The first-order valence-electron chi connectivity index (χ1n) is 7.04. The van der Waals surface area contributed by atoms with Crippen LogP contribution in [0.2, 0.25) is 0 Å². The van der Waals surface area contributed by atoms with Gasteiger partial charge in [-0.3, -0.25) is 15.0 Å². The SMILES string of the molecule is Cc1nc([C@@H](C)NC(=O)c2cc(-c3ccccc3F)n[nH]2)n[nH]1. The number of rotatable bonds is 4. The number of hydrogen-bond donors (Lipinski definition) is 3. The van der Waals surface area contributed by atoms with Gasteiger partial charge in [-0.1, -0.05) is 12.1 Å². The van der Waals surface area contributed by atoms with Crippen LogP contribution in [0.4, 0.5) is 4.39 Å². The molecule has 7 nitrogen and oxygen atoms in total. The van der Waals surface area contributed by atoms with E-state index < -0.39 is 5.82 Å². The number of nitrogens with zero attached hydrogens (tertiary/aromatic N) is 3. The third-order valence-corrected chi connectivity index (χ3v) is 3.32. The lowest BCUT2D eigenvalue weighted by molar-refractivity contribution is 0.0933. The highest BCUT2D eigenvalue weighted by molar-refractivity contribution is 5.93. The highest BCUT2D eigenvalue weighted by Crippen LogP contribution is 2.21. The maximum atomic E-state index is 13.7. The molecule has 1 aromatic carbocycles. The van der Waals surface area contributed by atoms with Crippen LogP contribution >= 0.6 is 0 Å². The predicted molar refractivity (Wildman–Crippen MR) is 81.0 cm³/mol. The zero-order chi connectivity index (χ0) is 16.4. The minimum absolute atomic E-state index is 0.238. The third-order valence-electron chi connectivity index (χ3n) is 3.32. The minimum atomic E-state index is -0.393. The first kappa shape index (κ1) is 14.9. The second-order valence-electron chi connectivity index (χ2n) is 5.12. The summed E-state index contributed by atoms with van der Waals surface area (Å²) in [4.78, 5) is 16.4. The van der Waals surface area contributed by atoms with E-state index in [9.17, 15) is 9.18 Å². The van der Waals surface area contributed by atoms with Gasteiger partial charge in [-0.25, -0.2) is 9.37 Å². The molecule has 23 heavy (non-hydrogen) atoms. The fourth-order valence-corrected chi connectivity index (χ4v) is 2.14. The van der Waals surface area contributed by atoms with Gasteiger partial charge < -0.3 is 5.32 Å². The summed E-state index contributed by atoms with van der Waals surface area (Å²) >= 11 is 0. The van der Waals surface area contributed by atoms with Gasteiger partial charge in [0.15, 0.2) is 5.82 Å². The summed E-state index contributed by atoms with van der Waals surface area (Å²) in [7, 11) is 0. The van der Waals surface area contributed by atoms with Crippen molar-refractivity contribution in [2.45, 2.75) is 19.9 Å². The summed E-state index contributed by atoms with van der Waals surface area (Å²) in [6.45, 7) is 3.55. The standard InChI is InChI=1S/C15H15FN6O/c1-8(14-18-9(2)19-22-14)17-15(23)13-7-12(20-21-13)10-5-3-4-6-11(10)16/h3-8H,1-2H3,(H,17,23)(H,20,21)(H,18,19,22)/t8-/m1/s1. The van der Waals surface area contributed by atoms with Crippen LogP contribution in [0.25, 0.3) is 11.3 Å². The minimum Gasteiger partial charge on any atom is -0.341 e. The molecule has 0 bridgehead atoms. The highest BCUT2D eigenvalue weighted by atomic mass is 19.1. The van der Waals surface area contributed by atoms with Crippen molar-refractivity contribution in [1.29, 1.82) is 0 Å². The smallest absolute Gasteiger partial charge is 0.269 e. The van der Waals surface area contributed by atoms with E-state index >= 15 is 0 Å². The van der Waals surface area contributed by atoms with Crippen LogP contribution in [0.3, 0.4) is 0 Å². The number of aromatic amines is 2. The molecule has 3 N–H and O–H groups in total. The van der Waals surface area contributed by atoms with Crippen LogP contribution in [0.5, 0.6) is 0 Å². The molecule has 0 fully saturated rings. The molecule has 0 aliphatic carbocycles. The van der Waals surface area contributed by atoms with Gasteiger partial charge in [-0.15, -0.1) is 0 Å². The average molecular weight is 314 g/mol. The fourth-order valence-electron chi connectivity index (χ4n) is 2.14. The van der Waals surface area contributed by atoms with Gasteiger partial charge in [-0.2, -0.15) is 10.2 Å². The Bertz CT molecular complexity index is 840. The second-order valence-corrected chi connectivity index (χ2v) is 5.12. The van der Waals surface area contributed by atoms with Crippen LogP contribution in [0, 0.1) is 12.7 Å². The van der Waals surface area contributed by atoms with Gasteiger partial charge in [0.25, 0.3) is 5.91 Å². The molecule has 0 saturated heterocycles. The molecule has 0 spiro atoms. The number of carbonyl (C=O) groups excluding carboxylic acids is 1. The number of aryl methyl sites for hydroxylation is 1. The number of hydrogen-bond acceptors (Lipinski definition) is 4. The Morgan fingerprint density at radius 3 is 2.74 bits per heavy atom. The summed E-state index contributed by atoms with van der Waals surface area (Å²) < 4.78 is 13.7. The molecule has 0 aliphatic rings. The Morgan fingerprint density at radius 1 is 1.26 bits per heavy atom. The van der Waals surface area contributed by atoms with Gasteiger partial charge in [0.05, 0.1) is 11.7 Å². The third kappa shape index (κ3) is 3.10. The van der Waals surface area contributed by atoms with Gasteiger partial charge in [0, 0.05) is 5.56 Å². The Morgan fingerprint density at radius 2 is 2.04 bits per heavy atom. The van der Waals surface area contributed by atoms with E-state index in [1.807, 2.05) is 0 Å². The zero-order valence-electron chi connectivity index (χ0n) is 12.6. The van der Waals surface area contributed by atoms with E-state index in [1.54, 1.807) is 32.0 Å². The lowest BCUT2D eigenvalue weighted by Crippen LogP contribution is -2.27. The molecule has 1 atom stereocenters. The first-order valence-corrected chi connectivity index (χ1v) is 7.04. The second kappa shape index (κ2) is 5.99. The van der Waals surface area contributed by atoms with Crippen LogP contribution in [-0.4, -0.2) is 31.3 Å². The molecule has 0 unspecified atom stereocenters. The lowest BCUT2D eigenvalue weighted by atomic mass is 10.1. The average Bonchev–Trinajstić information content (AvgIpc) is 3.16. The number of nitrogens with one attached hydrogen (secondary N) is 3. The molecule has 118 valence electrons. The molecule has 8 heteroatoms.